The zero-order valence-corrected chi connectivity index (χ0v) is 23.9. The van der Waals surface area contributed by atoms with Crippen LogP contribution < -0.4 is 0 Å². The van der Waals surface area contributed by atoms with Crippen molar-refractivity contribution in [2.75, 3.05) is 0 Å². The number of rotatable bonds is 12. The van der Waals surface area contributed by atoms with Crippen LogP contribution in [0.3, 0.4) is 0 Å². The third-order valence-electron chi connectivity index (χ3n) is 11.3. The summed E-state index contributed by atoms with van der Waals surface area (Å²) in [7, 11) is 0. The van der Waals surface area contributed by atoms with Gasteiger partial charge in [0, 0.05) is 18.8 Å². The standard InChI is InChI=1S/C33H54O3/c1-5-6-7-8-9-10-11-12-13-14-31(35)36-26-19-21-32(3)25(23-26)15-16-27-29-18-17-28(24(2)34)33(29,4)22-20-30(27)32/h15,26-30H,5-14,16-23H2,1-4H3/t26-,27-,28+,29-,30-,32-,33+/m0/s1. The summed E-state index contributed by atoms with van der Waals surface area (Å²) >= 11 is 0. The van der Waals surface area contributed by atoms with Gasteiger partial charge in [0.05, 0.1) is 0 Å². The zero-order valence-electron chi connectivity index (χ0n) is 23.9. The van der Waals surface area contributed by atoms with Crippen LogP contribution in [0.1, 0.15) is 143 Å². The van der Waals surface area contributed by atoms with Gasteiger partial charge in [0.25, 0.3) is 0 Å². The first-order chi connectivity index (χ1) is 17.3. The van der Waals surface area contributed by atoms with Gasteiger partial charge in [0.1, 0.15) is 11.9 Å². The van der Waals surface area contributed by atoms with E-state index in [1.807, 2.05) is 6.92 Å². The average Bonchev–Trinajstić information content (AvgIpc) is 3.21. The molecule has 0 amide bonds. The van der Waals surface area contributed by atoms with Gasteiger partial charge in [-0.15, -0.1) is 0 Å². The first-order valence-electron chi connectivity index (χ1n) is 15.7. The molecule has 7 atom stereocenters. The average molecular weight is 499 g/mol. The van der Waals surface area contributed by atoms with Crippen LogP contribution in [0.4, 0.5) is 0 Å². The van der Waals surface area contributed by atoms with Gasteiger partial charge in [-0.3, -0.25) is 9.59 Å². The van der Waals surface area contributed by atoms with Gasteiger partial charge in [0.2, 0.25) is 0 Å². The molecule has 36 heavy (non-hydrogen) atoms. The fraction of sp³-hybridized carbons (Fsp3) is 0.879. The van der Waals surface area contributed by atoms with Gasteiger partial charge in [-0.05, 0) is 86.9 Å². The lowest BCUT2D eigenvalue weighted by atomic mass is 9.47. The maximum absolute atomic E-state index is 12.6. The van der Waals surface area contributed by atoms with E-state index in [0.717, 1.165) is 50.4 Å². The molecule has 0 unspecified atom stereocenters. The van der Waals surface area contributed by atoms with E-state index >= 15 is 0 Å². The highest BCUT2D eigenvalue weighted by molar-refractivity contribution is 5.79. The molecular weight excluding hydrogens is 444 g/mol. The van der Waals surface area contributed by atoms with Crippen molar-refractivity contribution in [3.8, 4) is 0 Å². The van der Waals surface area contributed by atoms with Crippen LogP contribution >= 0.6 is 0 Å². The van der Waals surface area contributed by atoms with Crippen LogP contribution in [0.2, 0.25) is 0 Å². The van der Waals surface area contributed by atoms with Crippen LogP contribution in [0.25, 0.3) is 0 Å². The Kier molecular flexibility index (Phi) is 9.43. The summed E-state index contributed by atoms with van der Waals surface area (Å²) in [6, 6.07) is 0. The predicted octanol–water partition coefficient (Wildman–Crippen LogP) is 8.99. The van der Waals surface area contributed by atoms with Crippen molar-refractivity contribution in [2.45, 2.75) is 149 Å². The summed E-state index contributed by atoms with van der Waals surface area (Å²) in [6.45, 7) is 9.02. The fourth-order valence-corrected chi connectivity index (χ4v) is 9.22. The van der Waals surface area contributed by atoms with Crippen molar-refractivity contribution in [1.82, 2.24) is 0 Å². The van der Waals surface area contributed by atoms with Crippen molar-refractivity contribution in [3.63, 3.8) is 0 Å². The Morgan fingerprint density at radius 3 is 2.28 bits per heavy atom. The summed E-state index contributed by atoms with van der Waals surface area (Å²) in [5.74, 6) is 2.89. The summed E-state index contributed by atoms with van der Waals surface area (Å²) < 4.78 is 6.00. The lowest BCUT2D eigenvalue weighted by Gasteiger charge is -2.58. The van der Waals surface area contributed by atoms with Crippen molar-refractivity contribution >= 4 is 11.8 Å². The summed E-state index contributed by atoms with van der Waals surface area (Å²) in [5.41, 5.74) is 2.05. The van der Waals surface area contributed by atoms with Gasteiger partial charge in [-0.25, -0.2) is 0 Å². The minimum absolute atomic E-state index is 0.0236. The summed E-state index contributed by atoms with van der Waals surface area (Å²) in [5, 5.41) is 0. The molecule has 0 radical (unpaired) electrons. The molecule has 0 aromatic heterocycles. The number of unbranched alkanes of at least 4 members (excludes halogenated alkanes) is 8. The van der Waals surface area contributed by atoms with Gasteiger partial charge >= 0.3 is 5.97 Å². The van der Waals surface area contributed by atoms with E-state index < -0.39 is 0 Å². The number of fused-ring (bicyclic) bond motifs is 5. The van der Waals surface area contributed by atoms with E-state index in [-0.39, 0.29) is 28.8 Å². The highest BCUT2D eigenvalue weighted by Gasteiger charge is 2.59. The topological polar surface area (TPSA) is 43.4 Å². The lowest BCUT2D eigenvalue weighted by molar-refractivity contribution is -0.151. The smallest absolute Gasteiger partial charge is 0.306 e. The molecular formula is C33H54O3. The largest absolute Gasteiger partial charge is 0.462 e. The predicted molar refractivity (Wildman–Crippen MR) is 148 cm³/mol. The number of ether oxygens (including phenoxy) is 1. The van der Waals surface area contributed by atoms with Crippen LogP contribution in [-0.4, -0.2) is 17.9 Å². The molecule has 0 bridgehead atoms. The Balaban J connectivity index is 1.23. The molecule has 204 valence electrons. The Hall–Kier alpha value is -1.12. The molecule has 3 heteroatoms. The molecule has 4 aliphatic carbocycles. The van der Waals surface area contributed by atoms with Crippen LogP contribution in [0, 0.1) is 34.5 Å². The number of esters is 1. The van der Waals surface area contributed by atoms with Gasteiger partial charge in [-0.1, -0.05) is 83.8 Å². The van der Waals surface area contributed by atoms with Crippen molar-refractivity contribution in [1.29, 1.82) is 0 Å². The van der Waals surface area contributed by atoms with Crippen LogP contribution in [0.15, 0.2) is 11.6 Å². The van der Waals surface area contributed by atoms with Crippen molar-refractivity contribution in [2.24, 2.45) is 34.5 Å². The molecule has 4 aliphatic rings. The number of carbonyl (C=O) groups is 2. The minimum atomic E-state index is 0.0236. The van der Waals surface area contributed by atoms with E-state index in [1.165, 1.54) is 70.6 Å². The molecule has 0 N–H and O–H groups in total. The van der Waals surface area contributed by atoms with Gasteiger partial charge < -0.3 is 4.74 Å². The first-order valence-corrected chi connectivity index (χ1v) is 15.7. The third-order valence-corrected chi connectivity index (χ3v) is 11.3. The molecule has 3 saturated carbocycles. The molecule has 0 spiro atoms. The molecule has 0 heterocycles. The van der Waals surface area contributed by atoms with Crippen LogP contribution in [0.5, 0.6) is 0 Å². The highest BCUT2D eigenvalue weighted by atomic mass is 16.5. The van der Waals surface area contributed by atoms with E-state index in [0.29, 0.717) is 18.1 Å². The number of Topliss-reactive ketones (excluding diaryl/α,β-unsaturated/α-hetero) is 1. The molecule has 3 nitrogen and oxygen atoms in total. The Morgan fingerprint density at radius 2 is 1.58 bits per heavy atom. The Bertz CT molecular complexity index is 799. The lowest BCUT2D eigenvalue weighted by Crippen LogP contribution is -2.51. The number of allylic oxidation sites excluding steroid dienone is 1. The molecule has 0 aromatic rings. The third kappa shape index (κ3) is 5.80. The van der Waals surface area contributed by atoms with E-state index in [2.05, 4.69) is 26.8 Å². The van der Waals surface area contributed by atoms with Crippen molar-refractivity contribution < 1.29 is 14.3 Å². The van der Waals surface area contributed by atoms with E-state index in [4.69, 9.17) is 4.74 Å². The zero-order chi connectivity index (χ0) is 25.8. The SMILES string of the molecule is CCCCCCCCCCCC(=O)O[C@H]1CC[C@@]2(C)C(=CC[C@H]3[C@@H]4CC[C@H](C(C)=O)[C@@]4(C)CC[C@@H]32)C1. The highest BCUT2D eigenvalue weighted by Crippen LogP contribution is 2.66. The monoisotopic (exact) mass is 498 g/mol. The molecule has 4 rings (SSSR count). The van der Waals surface area contributed by atoms with Crippen molar-refractivity contribution in [3.05, 3.63) is 11.6 Å². The number of hydrogen-bond acceptors (Lipinski definition) is 3. The number of hydrogen-bond donors (Lipinski definition) is 0. The number of ketones is 1. The Labute approximate surface area is 221 Å². The quantitative estimate of drug-likeness (QED) is 0.153. The van der Waals surface area contributed by atoms with Crippen LogP contribution in [-0.2, 0) is 14.3 Å². The summed E-state index contributed by atoms with van der Waals surface area (Å²) in [6.07, 6.45) is 23.8. The molecule has 0 saturated heterocycles. The maximum Gasteiger partial charge on any atom is 0.306 e. The normalized spacial score (nSPS) is 37.4. The summed E-state index contributed by atoms with van der Waals surface area (Å²) in [4.78, 5) is 24.9. The second-order valence-corrected chi connectivity index (χ2v) is 13.5. The fourth-order valence-electron chi connectivity index (χ4n) is 9.22. The number of carbonyl (C=O) groups excluding carboxylic acids is 2. The molecule has 0 aromatic carbocycles. The minimum Gasteiger partial charge on any atom is -0.462 e. The second kappa shape index (κ2) is 12.2. The van der Waals surface area contributed by atoms with Gasteiger partial charge in [-0.2, -0.15) is 0 Å². The van der Waals surface area contributed by atoms with E-state index in [9.17, 15) is 9.59 Å². The Morgan fingerprint density at radius 1 is 0.889 bits per heavy atom. The molecule has 0 aliphatic heterocycles. The first kappa shape index (κ1) is 27.9. The van der Waals surface area contributed by atoms with Gasteiger partial charge in [0.15, 0.2) is 0 Å². The molecule has 3 fully saturated rings. The van der Waals surface area contributed by atoms with E-state index in [1.54, 1.807) is 5.57 Å². The second-order valence-electron chi connectivity index (χ2n) is 13.5. The maximum atomic E-state index is 12.6.